The summed E-state index contributed by atoms with van der Waals surface area (Å²) in [5, 5.41) is 9.66. The van der Waals surface area contributed by atoms with Gasteiger partial charge < -0.3 is 10.6 Å². The van der Waals surface area contributed by atoms with Crippen LogP contribution < -0.4 is 16.2 Å². The fraction of sp³-hybridized carbons (Fsp3) is 0.182. The molecule has 0 unspecified atom stereocenters. The zero-order valence-electron chi connectivity index (χ0n) is 17.5. The smallest absolute Gasteiger partial charge is 0.284 e. The molecular weight excluding hydrogens is 460 g/mol. The van der Waals surface area contributed by atoms with Gasteiger partial charge in [-0.25, -0.2) is 9.50 Å². The highest BCUT2D eigenvalue weighted by molar-refractivity contribution is 7.59. The van der Waals surface area contributed by atoms with Gasteiger partial charge in [-0.15, -0.1) is 0 Å². The maximum absolute atomic E-state index is 13.6. The van der Waals surface area contributed by atoms with E-state index in [-0.39, 0.29) is 25.1 Å². The van der Waals surface area contributed by atoms with Gasteiger partial charge in [0.1, 0.15) is 17.2 Å². The van der Waals surface area contributed by atoms with Crippen molar-refractivity contribution in [3.05, 3.63) is 82.1 Å². The monoisotopic (exact) mass is 480 g/mol. The third-order valence-corrected chi connectivity index (χ3v) is 6.19. The standard InChI is InChI=1S/C22H19ClN8O.H2S/c23-15-9-12-29-20(15)22(32)30(14-5-2-1-3-6-14)21(27-29)16-7-4-11-28(16)19-13-17(24)26-18-8-10-25-31(18)19;/h1-3,5-6,8-10,12-13,16H,4,7,11H2,(H2,24,26);1H2/t16-;/m0./s1. The van der Waals surface area contributed by atoms with Crippen LogP contribution in [0.3, 0.4) is 0 Å². The Morgan fingerprint density at radius 1 is 1.12 bits per heavy atom. The van der Waals surface area contributed by atoms with Crippen LogP contribution in [0.25, 0.3) is 16.9 Å². The lowest BCUT2D eigenvalue weighted by atomic mass is 10.2. The number of nitrogen functional groups attached to an aromatic ring is 1. The minimum atomic E-state index is -0.207. The summed E-state index contributed by atoms with van der Waals surface area (Å²) in [6, 6.07) is 14.7. The molecule has 1 saturated heterocycles. The van der Waals surface area contributed by atoms with Crippen molar-refractivity contribution in [2.45, 2.75) is 18.9 Å². The molecule has 5 heterocycles. The first-order valence-electron chi connectivity index (χ1n) is 10.3. The molecule has 1 fully saturated rings. The number of hydrogen-bond donors (Lipinski definition) is 1. The second-order valence-corrected chi connectivity index (χ2v) is 8.19. The molecule has 1 atom stereocenters. The summed E-state index contributed by atoms with van der Waals surface area (Å²) < 4.78 is 5.00. The highest BCUT2D eigenvalue weighted by atomic mass is 35.5. The number of nitrogens with zero attached hydrogens (tertiary/aromatic N) is 7. The van der Waals surface area contributed by atoms with Crippen molar-refractivity contribution in [1.82, 2.24) is 28.8 Å². The number of anilines is 2. The van der Waals surface area contributed by atoms with Gasteiger partial charge in [-0.3, -0.25) is 9.36 Å². The Balaban J connectivity index is 0.00000228. The van der Waals surface area contributed by atoms with Gasteiger partial charge in [0, 0.05) is 24.9 Å². The SMILES string of the molecule is Nc1cc(N2CCC[C@H]2c2nn3ccc(Cl)c3c(=O)n2-c2ccccc2)n2nccc2n1.S. The molecule has 5 aromatic rings. The number of fused-ring (bicyclic) bond motifs is 2. The van der Waals surface area contributed by atoms with Crippen molar-refractivity contribution in [2.75, 3.05) is 17.2 Å². The molecule has 0 aliphatic carbocycles. The summed E-state index contributed by atoms with van der Waals surface area (Å²) in [6.07, 6.45) is 5.17. The second kappa shape index (κ2) is 8.13. The van der Waals surface area contributed by atoms with E-state index in [0.29, 0.717) is 27.8 Å². The molecule has 1 aromatic carbocycles. The van der Waals surface area contributed by atoms with Crippen LogP contribution >= 0.6 is 25.1 Å². The summed E-state index contributed by atoms with van der Waals surface area (Å²) in [5.41, 5.74) is 7.65. The molecule has 168 valence electrons. The first kappa shape index (κ1) is 21.4. The van der Waals surface area contributed by atoms with Gasteiger partial charge in [-0.1, -0.05) is 29.8 Å². The minimum Gasteiger partial charge on any atom is -0.384 e. The van der Waals surface area contributed by atoms with Gasteiger partial charge in [0.05, 0.1) is 22.9 Å². The van der Waals surface area contributed by atoms with Crippen LogP contribution in [0.15, 0.2) is 65.7 Å². The number of nitrogens with two attached hydrogens (primary N) is 1. The van der Waals surface area contributed by atoms with Crippen molar-refractivity contribution < 1.29 is 0 Å². The minimum absolute atomic E-state index is 0. The van der Waals surface area contributed by atoms with Crippen LogP contribution in [0.1, 0.15) is 24.7 Å². The Labute approximate surface area is 200 Å². The average Bonchev–Trinajstić information content (AvgIpc) is 3.53. The van der Waals surface area contributed by atoms with E-state index in [1.807, 2.05) is 42.5 Å². The molecule has 0 spiro atoms. The molecular formula is C22H21ClN8OS. The van der Waals surface area contributed by atoms with E-state index in [9.17, 15) is 4.79 Å². The van der Waals surface area contributed by atoms with E-state index in [1.54, 1.807) is 32.1 Å². The molecule has 2 N–H and O–H groups in total. The van der Waals surface area contributed by atoms with Gasteiger partial charge in [-0.05, 0) is 31.0 Å². The van der Waals surface area contributed by atoms with E-state index >= 15 is 0 Å². The first-order chi connectivity index (χ1) is 15.6. The number of rotatable bonds is 3. The van der Waals surface area contributed by atoms with Gasteiger partial charge in [-0.2, -0.15) is 28.2 Å². The largest absolute Gasteiger partial charge is 0.384 e. The first-order valence-corrected chi connectivity index (χ1v) is 10.7. The van der Waals surface area contributed by atoms with Gasteiger partial charge in [0.2, 0.25) is 0 Å². The van der Waals surface area contributed by atoms with Crippen LogP contribution in [-0.4, -0.2) is 35.3 Å². The van der Waals surface area contributed by atoms with Crippen molar-refractivity contribution in [2.24, 2.45) is 0 Å². The number of para-hydroxylation sites is 1. The van der Waals surface area contributed by atoms with Crippen molar-refractivity contribution >= 4 is 47.9 Å². The van der Waals surface area contributed by atoms with E-state index in [2.05, 4.69) is 15.0 Å². The lowest BCUT2D eigenvalue weighted by molar-refractivity contribution is 0.597. The molecule has 0 amide bonds. The predicted octanol–water partition coefficient (Wildman–Crippen LogP) is 3.22. The van der Waals surface area contributed by atoms with Crippen LogP contribution in [0.5, 0.6) is 0 Å². The maximum atomic E-state index is 13.6. The van der Waals surface area contributed by atoms with Crippen LogP contribution in [0, 0.1) is 0 Å². The fourth-order valence-corrected chi connectivity index (χ4v) is 4.74. The van der Waals surface area contributed by atoms with Crippen LogP contribution in [0.2, 0.25) is 5.02 Å². The summed E-state index contributed by atoms with van der Waals surface area (Å²) in [6.45, 7) is 0.776. The summed E-state index contributed by atoms with van der Waals surface area (Å²) in [7, 11) is 0. The van der Waals surface area contributed by atoms with E-state index < -0.39 is 0 Å². The van der Waals surface area contributed by atoms with Crippen molar-refractivity contribution in [3.63, 3.8) is 0 Å². The van der Waals surface area contributed by atoms with Crippen LogP contribution in [0.4, 0.5) is 11.6 Å². The lowest BCUT2D eigenvalue weighted by Gasteiger charge is -2.28. The number of benzene rings is 1. The van der Waals surface area contributed by atoms with Gasteiger partial charge >= 0.3 is 0 Å². The molecule has 11 heteroatoms. The lowest BCUT2D eigenvalue weighted by Crippen LogP contribution is -2.33. The van der Waals surface area contributed by atoms with E-state index in [1.165, 1.54) is 0 Å². The quantitative estimate of drug-likeness (QED) is 0.425. The predicted molar refractivity (Wildman–Crippen MR) is 133 cm³/mol. The fourth-order valence-electron chi connectivity index (χ4n) is 4.52. The Bertz CT molecular complexity index is 1530. The highest BCUT2D eigenvalue weighted by Gasteiger charge is 2.33. The molecule has 1 aliphatic rings. The third-order valence-electron chi connectivity index (χ3n) is 5.88. The van der Waals surface area contributed by atoms with Crippen molar-refractivity contribution in [1.29, 1.82) is 0 Å². The normalized spacial score (nSPS) is 15.9. The topological polar surface area (TPSA) is 98.8 Å². The third kappa shape index (κ3) is 3.33. The Morgan fingerprint density at radius 2 is 1.94 bits per heavy atom. The molecule has 6 rings (SSSR count). The second-order valence-electron chi connectivity index (χ2n) is 7.78. The zero-order valence-corrected chi connectivity index (χ0v) is 19.2. The highest BCUT2D eigenvalue weighted by Crippen LogP contribution is 2.36. The summed E-state index contributed by atoms with van der Waals surface area (Å²) >= 11 is 6.33. The number of aromatic nitrogens is 6. The molecule has 9 nitrogen and oxygen atoms in total. The Morgan fingerprint density at radius 3 is 2.76 bits per heavy atom. The number of halogens is 1. The molecule has 4 aromatic heterocycles. The Kier molecular flexibility index (Phi) is 5.26. The van der Waals surface area contributed by atoms with E-state index in [0.717, 1.165) is 30.9 Å². The molecule has 0 saturated carbocycles. The van der Waals surface area contributed by atoms with Crippen molar-refractivity contribution in [3.8, 4) is 5.69 Å². The molecule has 0 bridgehead atoms. The molecule has 0 radical (unpaired) electrons. The number of hydrogen-bond acceptors (Lipinski definition) is 6. The van der Waals surface area contributed by atoms with Gasteiger partial charge in [0.25, 0.3) is 5.56 Å². The Hall–Kier alpha value is -3.50. The summed E-state index contributed by atoms with van der Waals surface area (Å²) in [5.74, 6) is 1.87. The zero-order chi connectivity index (χ0) is 21.8. The molecule has 33 heavy (non-hydrogen) atoms. The average molecular weight is 481 g/mol. The van der Waals surface area contributed by atoms with Crippen LogP contribution in [-0.2, 0) is 0 Å². The van der Waals surface area contributed by atoms with E-state index in [4.69, 9.17) is 22.4 Å². The summed E-state index contributed by atoms with van der Waals surface area (Å²) in [4.78, 5) is 20.1. The molecule has 1 aliphatic heterocycles. The van der Waals surface area contributed by atoms with Gasteiger partial charge in [0.15, 0.2) is 11.5 Å². The maximum Gasteiger partial charge on any atom is 0.284 e.